The average molecular weight is 350 g/mol. The van der Waals surface area contributed by atoms with E-state index in [1.807, 2.05) is 0 Å². The van der Waals surface area contributed by atoms with Gasteiger partial charge in [0.2, 0.25) is 5.82 Å². The molecule has 0 bridgehead atoms. The molecule has 0 atom stereocenters. The first-order chi connectivity index (χ1) is 11.4. The predicted octanol–water partition coefficient (Wildman–Crippen LogP) is 0.825. The summed E-state index contributed by atoms with van der Waals surface area (Å²) < 4.78 is 1.46. The molecule has 0 aliphatic carbocycles. The smallest absolute Gasteiger partial charge is 0.358 e. The van der Waals surface area contributed by atoms with E-state index in [0.29, 0.717) is 36.7 Å². The Bertz CT molecular complexity index is 865. The molecule has 2 saturated heterocycles. The number of amides is 3. The lowest BCUT2D eigenvalue weighted by Gasteiger charge is -2.36. The molecular formula is C13H14N6O4S. The first-order valence-corrected chi connectivity index (χ1v) is 8.26. The average Bonchev–Trinajstić information content (AvgIpc) is 3.18. The van der Waals surface area contributed by atoms with Gasteiger partial charge >= 0.3 is 11.8 Å². The second-order valence-corrected chi connectivity index (χ2v) is 6.81. The van der Waals surface area contributed by atoms with Crippen molar-refractivity contribution in [3.8, 4) is 0 Å². The van der Waals surface area contributed by atoms with Crippen LogP contribution in [0, 0.1) is 10.1 Å². The van der Waals surface area contributed by atoms with Gasteiger partial charge in [-0.1, -0.05) is 11.3 Å². The summed E-state index contributed by atoms with van der Waals surface area (Å²) in [6, 6.07) is -0.401. The Balaban J connectivity index is 1.62. The van der Waals surface area contributed by atoms with E-state index in [-0.39, 0.29) is 11.7 Å². The number of carbonyl (C=O) groups is 2. The van der Waals surface area contributed by atoms with E-state index < -0.39 is 16.5 Å². The van der Waals surface area contributed by atoms with Gasteiger partial charge in [-0.05, 0) is 17.8 Å². The lowest BCUT2D eigenvalue weighted by Crippen LogP contribution is -2.55. The van der Waals surface area contributed by atoms with E-state index in [1.54, 1.807) is 16.5 Å². The van der Waals surface area contributed by atoms with Crippen molar-refractivity contribution in [2.75, 3.05) is 25.0 Å². The number of hydrogen-bond donors (Lipinski definition) is 1. The first-order valence-electron chi connectivity index (χ1n) is 7.38. The number of thiazole rings is 1. The van der Waals surface area contributed by atoms with E-state index in [4.69, 9.17) is 0 Å². The van der Waals surface area contributed by atoms with E-state index in [1.165, 1.54) is 22.8 Å². The number of imide groups is 1. The molecule has 3 amide bonds. The molecule has 2 aliphatic rings. The fraction of sp³-hybridized carbons (Fsp3) is 0.462. The number of nitrogens with one attached hydrogen (secondary N) is 1. The van der Waals surface area contributed by atoms with Crippen molar-refractivity contribution in [3.05, 3.63) is 21.7 Å². The van der Waals surface area contributed by atoms with Gasteiger partial charge in [0.15, 0.2) is 0 Å². The summed E-state index contributed by atoms with van der Waals surface area (Å²) >= 11 is 1.33. The number of rotatable bonds is 2. The van der Waals surface area contributed by atoms with Crippen LogP contribution in [0.15, 0.2) is 11.6 Å². The zero-order valence-corrected chi connectivity index (χ0v) is 13.6. The van der Waals surface area contributed by atoms with Crippen LogP contribution in [0.4, 0.5) is 16.4 Å². The highest BCUT2D eigenvalue weighted by Crippen LogP contribution is 2.36. The molecule has 126 valence electrons. The minimum absolute atomic E-state index is 0.0684. The molecule has 2 aliphatic heterocycles. The van der Waals surface area contributed by atoms with Crippen LogP contribution in [0.1, 0.15) is 12.8 Å². The topological polar surface area (TPSA) is 113 Å². The van der Waals surface area contributed by atoms with Gasteiger partial charge in [-0.25, -0.2) is 4.79 Å². The minimum Gasteiger partial charge on any atom is -0.358 e. The van der Waals surface area contributed by atoms with Gasteiger partial charge in [-0.2, -0.15) is 9.38 Å². The zero-order chi connectivity index (χ0) is 17.1. The number of nitro groups is 1. The first kappa shape index (κ1) is 14.9. The number of likely N-dealkylation sites (N-methyl/N-ethyl adjacent to an activating group) is 1. The Labute approximate surface area is 139 Å². The van der Waals surface area contributed by atoms with Crippen LogP contribution in [-0.2, 0) is 4.79 Å². The molecule has 10 nitrogen and oxygen atoms in total. The second-order valence-electron chi connectivity index (χ2n) is 5.94. The maximum atomic E-state index is 12.3. The van der Waals surface area contributed by atoms with E-state index in [9.17, 15) is 19.7 Å². The lowest BCUT2D eigenvalue weighted by molar-refractivity contribution is -0.389. The Morgan fingerprint density at radius 3 is 2.67 bits per heavy atom. The lowest BCUT2D eigenvalue weighted by atomic mass is 9.87. The molecule has 0 saturated carbocycles. The molecule has 2 fully saturated rings. The summed E-state index contributed by atoms with van der Waals surface area (Å²) in [5, 5.41) is 15.9. The Morgan fingerprint density at radius 2 is 2.08 bits per heavy atom. The Morgan fingerprint density at radius 1 is 1.38 bits per heavy atom. The van der Waals surface area contributed by atoms with Crippen LogP contribution in [-0.4, -0.2) is 56.8 Å². The highest BCUT2D eigenvalue weighted by molar-refractivity contribution is 7.15. The minimum atomic E-state index is -0.895. The molecule has 0 aromatic carbocycles. The Kier molecular flexibility index (Phi) is 3.04. The molecule has 2 aromatic heterocycles. The molecule has 11 heteroatoms. The molecule has 24 heavy (non-hydrogen) atoms. The van der Waals surface area contributed by atoms with Crippen molar-refractivity contribution in [1.29, 1.82) is 0 Å². The number of nitrogens with zero attached hydrogens (tertiary/aromatic N) is 5. The number of carbonyl (C=O) groups excluding carboxylic acids is 2. The fourth-order valence-electron chi connectivity index (χ4n) is 3.34. The molecule has 1 spiro atoms. The number of anilines is 1. The van der Waals surface area contributed by atoms with Crippen LogP contribution < -0.4 is 10.2 Å². The van der Waals surface area contributed by atoms with Gasteiger partial charge in [0, 0.05) is 25.5 Å². The fourth-order valence-corrected chi connectivity index (χ4v) is 4.04. The Hall–Kier alpha value is -2.69. The van der Waals surface area contributed by atoms with Crippen LogP contribution in [0.3, 0.4) is 0 Å². The molecule has 2 aromatic rings. The van der Waals surface area contributed by atoms with Crippen LogP contribution in [0.5, 0.6) is 0 Å². The monoisotopic (exact) mass is 350 g/mol. The summed E-state index contributed by atoms with van der Waals surface area (Å²) in [6.07, 6.45) is 2.41. The van der Waals surface area contributed by atoms with Crippen LogP contribution in [0.2, 0.25) is 0 Å². The van der Waals surface area contributed by atoms with Crippen LogP contribution in [0.25, 0.3) is 4.96 Å². The highest BCUT2D eigenvalue weighted by Gasteiger charge is 2.51. The van der Waals surface area contributed by atoms with Crippen LogP contribution >= 0.6 is 11.3 Å². The van der Waals surface area contributed by atoms with Gasteiger partial charge < -0.3 is 20.3 Å². The summed E-state index contributed by atoms with van der Waals surface area (Å²) in [5.41, 5.74) is -0.895. The number of urea groups is 1. The van der Waals surface area contributed by atoms with Crippen molar-refractivity contribution in [2.24, 2.45) is 0 Å². The SMILES string of the molecule is CN1C(=O)NC2(CCN(c3nc4sccn4c3[N+](=O)[O-])CC2)C1=O. The number of fused-ring (bicyclic) bond motifs is 1. The summed E-state index contributed by atoms with van der Waals surface area (Å²) in [7, 11) is 1.45. The van der Waals surface area contributed by atoms with Gasteiger partial charge in [0.25, 0.3) is 10.9 Å². The van der Waals surface area contributed by atoms with Gasteiger partial charge in [-0.3, -0.25) is 9.69 Å². The maximum absolute atomic E-state index is 12.3. The third-order valence-electron chi connectivity index (χ3n) is 4.67. The quantitative estimate of drug-likeness (QED) is 0.487. The van der Waals surface area contributed by atoms with Gasteiger partial charge in [0.1, 0.15) is 11.7 Å². The van der Waals surface area contributed by atoms with Crippen molar-refractivity contribution < 1.29 is 14.5 Å². The van der Waals surface area contributed by atoms with Crippen molar-refractivity contribution in [3.63, 3.8) is 0 Å². The van der Waals surface area contributed by atoms with Crippen molar-refractivity contribution in [2.45, 2.75) is 18.4 Å². The number of imidazole rings is 1. The normalized spacial score (nSPS) is 20.2. The third-order valence-corrected chi connectivity index (χ3v) is 5.43. The van der Waals surface area contributed by atoms with Crippen molar-refractivity contribution in [1.82, 2.24) is 19.6 Å². The number of hydrogen-bond acceptors (Lipinski definition) is 7. The predicted molar refractivity (Wildman–Crippen MR) is 85.2 cm³/mol. The zero-order valence-electron chi connectivity index (χ0n) is 12.8. The van der Waals surface area contributed by atoms with E-state index >= 15 is 0 Å². The molecule has 1 N–H and O–H groups in total. The highest BCUT2D eigenvalue weighted by atomic mass is 32.1. The summed E-state index contributed by atoms with van der Waals surface area (Å²) in [4.78, 5) is 42.8. The summed E-state index contributed by atoms with van der Waals surface area (Å²) in [5.74, 6) is 0.000373. The summed E-state index contributed by atoms with van der Waals surface area (Å²) in [6.45, 7) is 0.817. The van der Waals surface area contributed by atoms with Gasteiger partial charge in [0.05, 0.1) is 0 Å². The number of aromatic nitrogens is 2. The largest absolute Gasteiger partial charge is 0.373 e. The number of piperidine rings is 1. The molecule has 4 heterocycles. The van der Waals surface area contributed by atoms with E-state index in [2.05, 4.69) is 10.3 Å². The van der Waals surface area contributed by atoms with E-state index in [0.717, 1.165) is 4.90 Å². The molecular weight excluding hydrogens is 336 g/mol. The van der Waals surface area contributed by atoms with Crippen molar-refractivity contribution >= 4 is 39.9 Å². The standard InChI is InChI=1S/C13H14N6O4S/c1-16-10(20)13(15-11(16)21)2-4-17(5-3-13)8-9(19(22)23)18-6-7-24-12(18)14-8/h6-7H,2-5H2,1H3,(H,15,21). The molecule has 4 rings (SSSR count). The third kappa shape index (κ3) is 1.90. The van der Waals surface area contributed by atoms with Gasteiger partial charge in [-0.15, -0.1) is 0 Å². The molecule has 0 radical (unpaired) electrons. The second kappa shape index (κ2) is 4.90. The molecule has 0 unspecified atom stereocenters. The maximum Gasteiger partial charge on any atom is 0.373 e.